The zero-order chi connectivity index (χ0) is 16.5. The van der Waals surface area contributed by atoms with Crippen LogP contribution in [0.2, 0.25) is 0 Å². The van der Waals surface area contributed by atoms with Crippen molar-refractivity contribution < 1.29 is 19.6 Å². The van der Waals surface area contributed by atoms with Gasteiger partial charge in [-0.25, -0.2) is 4.79 Å². The number of hydrogen-bond acceptors (Lipinski definition) is 6. The molecule has 22 heavy (non-hydrogen) atoms. The number of carboxylic acid groups (broad SMARTS) is 1. The molecule has 0 saturated carbocycles. The van der Waals surface area contributed by atoms with Gasteiger partial charge in [0.1, 0.15) is 11.8 Å². The minimum atomic E-state index is -0.968. The van der Waals surface area contributed by atoms with Crippen LogP contribution in [0, 0.1) is 10.1 Å². The summed E-state index contributed by atoms with van der Waals surface area (Å²) >= 11 is 0. The molecule has 10 heteroatoms. The standard InChI is InChI=1S/C12H19N5O5/c1-12(7-14(2)4-5-15(3)11(18)19)8-16-6-9(17(20)21)13-10(16)22-12/h6H,4-5,7-8H2,1-3H3,(H,18,19). The highest BCUT2D eigenvalue weighted by atomic mass is 16.6. The third-order valence-corrected chi connectivity index (χ3v) is 3.50. The predicted molar refractivity (Wildman–Crippen MR) is 76.1 cm³/mol. The topological polar surface area (TPSA) is 114 Å². The highest BCUT2D eigenvalue weighted by Crippen LogP contribution is 2.31. The Labute approximate surface area is 127 Å². The summed E-state index contributed by atoms with van der Waals surface area (Å²) in [5.41, 5.74) is -0.548. The van der Waals surface area contributed by atoms with E-state index in [0.29, 0.717) is 26.2 Å². The average Bonchev–Trinajstić information content (AvgIpc) is 2.90. The van der Waals surface area contributed by atoms with Gasteiger partial charge in [-0.1, -0.05) is 0 Å². The molecule has 0 aliphatic carbocycles. The number of nitro groups is 1. The molecule has 1 atom stereocenters. The molecule has 0 bridgehead atoms. The molecule has 1 N–H and O–H groups in total. The lowest BCUT2D eigenvalue weighted by molar-refractivity contribution is -0.389. The minimum Gasteiger partial charge on any atom is -0.465 e. The van der Waals surface area contributed by atoms with Crippen LogP contribution >= 0.6 is 0 Å². The van der Waals surface area contributed by atoms with E-state index >= 15 is 0 Å². The SMILES string of the molecule is CN(CCN(C)C(=O)O)CC1(C)Cn2cc([N+](=O)[O-])nc2O1. The molecule has 1 aliphatic heterocycles. The number of imidazole rings is 1. The molecule has 0 aromatic carbocycles. The molecule has 122 valence electrons. The third-order valence-electron chi connectivity index (χ3n) is 3.50. The van der Waals surface area contributed by atoms with Crippen molar-refractivity contribution in [3.63, 3.8) is 0 Å². The van der Waals surface area contributed by atoms with Crippen LogP contribution < -0.4 is 4.74 Å². The van der Waals surface area contributed by atoms with Gasteiger partial charge >= 0.3 is 17.9 Å². The van der Waals surface area contributed by atoms with Crippen molar-refractivity contribution in [3.8, 4) is 6.01 Å². The predicted octanol–water partition coefficient (Wildman–Crippen LogP) is 0.484. The van der Waals surface area contributed by atoms with Crippen molar-refractivity contribution >= 4 is 11.9 Å². The summed E-state index contributed by atoms with van der Waals surface area (Å²) in [5.74, 6) is -0.228. The summed E-state index contributed by atoms with van der Waals surface area (Å²) in [6.45, 7) is 3.85. The van der Waals surface area contributed by atoms with Crippen LogP contribution in [0.5, 0.6) is 6.01 Å². The summed E-state index contributed by atoms with van der Waals surface area (Å²) < 4.78 is 7.35. The maximum atomic E-state index is 10.7. The van der Waals surface area contributed by atoms with Crippen LogP contribution in [0.3, 0.4) is 0 Å². The van der Waals surface area contributed by atoms with Crippen LogP contribution in [0.4, 0.5) is 10.6 Å². The fourth-order valence-corrected chi connectivity index (χ4v) is 2.43. The number of likely N-dealkylation sites (N-methyl/N-ethyl adjacent to an activating group) is 2. The van der Waals surface area contributed by atoms with Crippen LogP contribution in [-0.4, -0.2) is 74.8 Å². The Morgan fingerprint density at radius 1 is 1.59 bits per heavy atom. The van der Waals surface area contributed by atoms with Crippen LogP contribution in [0.15, 0.2) is 6.20 Å². The van der Waals surface area contributed by atoms with Gasteiger partial charge in [0.2, 0.25) is 0 Å². The second-order valence-corrected chi connectivity index (χ2v) is 5.76. The van der Waals surface area contributed by atoms with Crippen LogP contribution in [0.25, 0.3) is 0 Å². The number of nitrogens with zero attached hydrogens (tertiary/aromatic N) is 5. The minimum absolute atomic E-state index is 0.228. The highest BCUT2D eigenvalue weighted by Gasteiger charge is 2.40. The maximum absolute atomic E-state index is 10.7. The lowest BCUT2D eigenvalue weighted by Crippen LogP contribution is -2.45. The summed E-state index contributed by atoms with van der Waals surface area (Å²) in [6, 6.07) is 0.241. The van der Waals surface area contributed by atoms with E-state index in [1.54, 1.807) is 4.57 Å². The van der Waals surface area contributed by atoms with Crippen LogP contribution in [-0.2, 0) is 6.54 Å². The van der Waals surface area contributed by atoms with Gasteiger partial charge in [0.25, 0.3) is 0 Å². The Hall–Kier alpha value is -2.36. The van der Waals surface area contributed by atoms with Crippen molar-refractivity contribution in [2.75, 3.05) is 33.7 Å². The molecule has 1 aliphatic rings. The Morgan fingerprint density at radius 2 is 2.27 bits per heavy atom. The number of rotatable bonds is 6. The smallest absolute Gasteiger partial charge is 0.415 e. The van der Waals surface area contributed by atoms with E-state index in [0.717, 1.165) is 0 Å². The first-order valence-electron chi connectivity index (χ1n) is 6.73. The Morgan fingerprint density at radius 3 is 2.82 bits per heavy atom. The fraction of sp³-hybridized carbons (Fsp3) is 0.667. The molecule has 1 aromatic rings. The second-order valence-electron chi connectivity index (χ2n) is 5.76. The van der Waals surface area contributed by atoms with Gasteiger partial charge in [0.05, 0.1) is 6.54 Å². The molecule has 10 nitrogen and oxygen atoms in total. The highest BCUT2D eigenvalue weighted by molar-refractivity contribution is 5.64. The second kappa shape index (κ2) is 5.79. The van der Waals surface area contributed by atoms with Crippen molar-refractivity contribution in [3.05, 3.63) is 16.3 Å². The van der Waals surface area contributed by atoms with Gasteiger partial charge in [-0.05, 0) is 18.9 Å². The Kier molecular flexibility index (Phi) is 4.22. The first-order valence-corrected chi connectivity index (χ1v) is 6.73. The number of hydrogen-bond donors (Lipinski definition) is 1. The molecular formula is C12H19N5O5. The van der Waals surface area contributed by atoms with Crippen molar-refractivity contribution in [1.29, 1.82) is 0 Å². The number of carbonyl (C=O) groups is 1. The summed E-state index contributed by atoms with van der Waals surface area (Å²) in [7, 11) is 3.38. The largest absolute Gasteiger partial charge is 0.465 e. The van der Waals surface area contributed by atoms with Gasteiger partial charge in [-0.3, -0.25) is 4.57 Å². The lowest BCUT2D eigenvalue weighted by Gasteiger charge is -2.29. The number of ether oxygens (including phenoxy) is 1. The molecule has 1 aromatic heterocycles. The van der Waals surface area contributed by atoms with E-state index in [9.17, 15) is 14.9 Å². The fourth-order valence-electron chi connectivity index (χ4n) is 2.43. The number of fused-ring (bicyclic) bond motifs is 1. The first-order chi connectivity index (χ1) is 10.2. The molecule has 2 rings (SSSR count). The van der Waals surface area contributed by atoms with Gasteiger partial charge < -0.3 is 29.8 Å². The van der Waals surface area contributed by atoms with E-state index in [2.05, 4.69) is 4.98 Å². The van der Waals surface area contributed by atoms with Gasteiger partial charge in [-0.2, -0.15) is 0 Å². The maximum Gasteiger partial charge on any atom is 0.415 e. The molecule has 1 unspecified atom stereocenters. The average molecular weight is 313 g/mol. The zero-order valence-corrected chi connectivity index (χ0v) is 12.7. The van der Waals surface area contributed by atoms with Crippen molar-refractivity contribution in [2.45, 2.75) is 19.1 Å². The zero-order valence-electron chi connectivity index (χ0n) is 12.7. The van der Waals surface area contributed by atoms with Crippen LogP contribution in [0.1, 0.15) is 6.92 Å². The summed E-state index contributed by atoms with van der Waals surface area (Å²) in [4.78, 5) is 27.8. The van der Waals surface area contributed by atoms with E-state index < -0.39 is 16.6 Å². The van der Waals surface area contributed by atoms with E-state index in [1.807, 2.05) is 18.9 Å². The number of aromatic nitrogens is 2. The quantitative estimate of drug-likeness (QED) is 0.600. The van der Waals surface area contributed by atoms with Gasteiger partial charge in [0, 0.05) is 31.7 Å². The van der Waals surface area contributed by atoms with Crippen molar-refractivity contribution in [1.82, 2.24) is 19.4 Å². The molecule has 0 fully saturated rings. The van der Waals surface area contributed by atoms with E-state index in [1.165, 1.54) is 18.1 Å². The van der Waals surface area contributed by atoms with Crippen molar-refractivity contribution in [2.24, 2.45) is 0 Å². The molecule has 0 saturated heterocycles. The molecule has 2 heterocycles. The molecule has 0 radical (unpaired) electrons. The Bertz CT molecular complexity index is 563. The summed E-state index contributed by atoms with van der Waals surface area (Å²) in [5, 5.41) is 19.5. The molecule has 0 spiro atoms. The van der Waals surface area contributed by atoms with Gasteiger partial charge in [0.15, 0.2) is 0 Å². The Balaban J connectivity index is 1.89. The van der Waals surface area contributed by atoms with E-state index in [4.69, 9.17) is 9.84 Å². The monoisotopic (exact) mass is 313 g/mol. The lowest BCUT2D eigenvalue weighted by atomic mass is 10.1. The normalized spacial score (nSPS) is 19.8. The molecular weight excluding hydrogens is 294 g/mol. The molecule has 1 amide bonds. The third kappa shape index (κ3) is 3.45. The first kappa shape index (κ1) is 16.0. The van der Waals surface area contributed by atoms with Gasteiger partial charge in [-0.15, -0.1) is 0 Å². The summed E-state index contributed by atoms with van der Waals surface area (Å²) in [6.07, 6.45) is 0.392. The number of amides is 1. The van der Waals surface area contributed by atoms with E-state index in [-0.39, 0.29) is 11.8 Å².